The summed E-state index contributed by atoms with van der Waals surface area (Å²) in [6.07, 6.45) is 0.624. The Bertz CT molecular complexity index is 924. The predicted molar refractivity (Wildman–Crippen MR) is 93.1 cm³/mol. The Hall–Kier alpha value is -3.35. The first kappa shape index (κ1) is 17.5. The molecule has 0 bridgehead atoms. The number of carbonyl (C=O) groups excluding carboxylic acids is 1. The van der Waals surface area contributed by atoms with Crippen molar-refractivity contribution in [3.05, 3.63) is 71.7 Å². The zero-order chi connectivity index (χ0) is 18.5. The first-order chi connectivity index (χ1) is 12.5. The highest BCUT2D eigenvalue weighted by atomic mass is 19.1. The van der Waals surface area contributed by atoms with Crippen molar-refractivity contribution in [2.24, 2.45) is 0 Å². The Morgan fingerprint density at radius 3 is 2.65 bits per heavy atom. The van der Waals surface area contributed by atoms with Crippen LogP contribution in [0.3, 0.4) is 0 Å². The zero-order valence-corrected chi connectivity index (χ0v) is 13.7. The number of benzene rings is 2. The van der Waals surface area contributed by atoms with Crippen LogP contribution in [0.25, 0.3) is 10.9 Å². The van der Waals surface area contributed by atoms with Crippen LogP contribution in [0.5, 0.6) is 0 Å². The summed E-state index contributed by atoms with van der Waals surface area (Å²) in [4.78, 5) is 26.3. The van der Waals surface area contributed by atoms with Crippen molar-refractivity contribution in [1.29, 1.82) is 0 Å². The number of aromatic amines is 1. The molecule has 1 atom stereocenters. The molecule has 3 N–H and O–H groups in total. The quantitative estimate of drug-likeness (QED) is 0.632. The topological polar surface area (TPSA) is 91.4 Å². The lowest BCUT2D eigenvalue weighted by molar-refractivity contribution is -0.139. The summed E-state index contributed by atoms with van der Waals surface area (Å²) >= 11 is 0. The highest BCUT2D eigenvalue weighted by molar-refractivity contribution is 5.86. The SMILES string of the molecule is O=C(NC(Cc1c[nH]c2cccc(F)c12)C(=O)O)OCc1ccccc1. The van der Waals surface area contributed by atoms with Gasteiger partial charge in [-0.1, -0.05) is 36.4 Å². The normalized spacial score (nSPS) is 11.9. The van der Waals surface area contributed by atoms with E-state index in [4.69, 9.17) is 4.74 Å². The number of carboxylic acids is 1. The maximum atomic E-state index is 14.0. The molecule has 0 aliphatic heterocycles. The number of alkyl carbamates (subject to hydrolysis) is 1. The van der Waals surface area contributed by atoms with Crippen molar-refractivity contribution in [1.82, 2.24) is 10.3 Å². The van der Waals surface area contributed by atoms with E-state index in [2.05, 4.69) is 10.3 Å². The van der Waals surface area contributed by atoms with Gasteiger partial charge in [0.05, 0.1) is 0 Å². The molecule has 0 aliphatic rings. The van der Waals surface area contributed by atoms with Crippen LogP contribution in [-0.2, 0) is 22.6 Å². The second-order valence-electron chi connectivity index (χ2n) is 5.78. The van der Waals surface area contributed by atoms with Crippen LogP contribution in [0.4, 0.5) is 9.18 Å². The molecule has 3 rings (SSSR count). The molecule has 0 saturated heterocycles. The van der Waals surface area contributed by atoms with E-state index in [9.17, 15) is 19.1 Å². The van der Waals surface area contributed by atoms with Crippen molar-refractivity contribution in [2.45, 2.75) is 19.1 Å². The van der Waals surface area contributed by atoms with Gasteiger partial charge in [0, 0.05) is 23.5 Å². The maximum absolute atomic E-state index is 14.0. The number of rotatable bonds is 6. The van der Waals surface area contributed by atoms with Crippen molar-refractivity contribution < 1.29 is 23.8 Å². The molecule has 6 nitrogen and oxygen atoms in total. The van der Waals surface area contributed by atoms with E-state index in [0.717, 1.165) is 5.56 Å². The molecule has 1 unspecified atom stereocenters. The molecule has 0 aliphatic carbocycles. The first-order valence-corrected chi connectivity index (χ1v) is 7.99. The summed E-state index contributed by atoms with van der Waals surface area (Å²) in [5.41, 5.74) is 1.82. The van der Waals surface area contributed by atoms with Gasteiger partial charge in [-0.3, -0.25) is 0 Å². The summed E-state index contributed by atoms with van der Waals surface area (Å²) in [6.45, 7) is 0.0285. The molecule has 26 heavy (non-hydrogen) atoms. The number of halogens is 1. The van der Waals surface area contributed by atoms with E-state index < -0.39 is 23.9 Å². The summed E-state index contributed by atoms with van der Waals surface area (Å²) in [7, 11) is 0. The number of amides is 1. The van der Waals surface area contributed by atoms with Gasteiger partial charge in [-0.15, -0.1) is 0 Å². The number of aliphatic carboxylic acids is 1. The number of ether oxygens (including phenoxy) is 1. The molecule has 0 spiro atoms. The van der Waals surface area contributed by atoms with Crippen LogP contribution >= 0.6 is 0 Å². The van der Waals surface area contributed by atoms with Crippen molar-refractivity contribution in [3.8, 4) is 0 Å². The van der Waals surface area contributed by atoms with Gasteiger partial charge in [0.15, 0.2) is 0 Å². The zero-order valence-electron chi connectivity index (χ0n) is 13.7. The molecule has 2 aromatic carbocycles. The van der Waals surface area contributed by atoms with Crippen molar-refractivity contribution in [2.75, 3.05) is 0 Å². The van der Waals surface area contributed by atoms with Crippen LogP contribution in [0, 0.1) is 5.82 Å². The van der Waals surface area contributed by atoms with Gasteiger partial charge >= 0.3 is 12.1 Å². The molecule has 1 amide bonds. The number of fused-ring (bicyclic) bond motifs is 1. The van der Waals surface area contributed by atoms with Gasteiger partial charge in [0.2, 0.25) is 0 Å². The van der Waals surface area contributed by atoms with Crippen LogP contribution in [0.2, 0.25) is 0 Å². The predicted octanol–water partition coefficient (Wildman–Crippen LogP) is 3.23. The molecule has 0 saturated carbocycles. The fourth-order valence-corrected chi connectivity index (χ4v) is 2.70. The molecule has 0 fully saturated rings. The lowest BCUT2D eigenvalue weighted by Crippen LogP contribution is -2.42. The fourth-order valence-electron chi connectivity index (χ4n) is 2.70. The van der Waals surface area contributed by atoms with E-state index in [0.29, 0.717) is 16.5 Å². The summed E-state index contributed by atoms with van der Waals surface area (Å²) in [5.74, 6) is -1.68. The van der Waals surface area contributed by atoms with Crippen LogP contribution in [0.1, 0.15) is 11.1 Å². The third-order valence-corrected chi connectivity index (χ3v) is 3.96. The maximum Gasteiger partial charge on any atom is 0.408 e. The minimum atomic E-state index is -1.24. The summed E-state index contributed by atoms with van der Waals surface area (Å²) < 4.78 is 19.1. The van der Waals surface area contributed by atoms with Gasteiger partial charge in [-0.2, -0.15) is 0 Å². The Morgan fingerprint density at radius 2 is 1.92 bits per heavy atom. The summed E-state index contributed by atoms with van der Waals surface area (Å²) in [5, 5.41) is 12.0. The average molecular weight is 356 g/mol. The van der Waals surface area contributed by atoms with Gasteiger partial charge in [-0.25, -0.2) is 14.0 Å². The fraction of sp³-hybridized carbons (Fsp3) is 0.158. The van der Waals surface area contributed by atoms with E-state index >= 15 is 0 Å². The van der Waals surface area contributed by atoms with Crippen LogP contribution < -0.4 is 5.32 Å². The molecule has 1 aromatic heterocycles. The van der Waals surface area contributed by atoms with Gasteiger partial charge in [0.1, 0.15) is 18.5 Å². The minimum absolute atomic E-state index is 0.0285. The lowest BCUT2D eigenvalue weighted by Gasteiger charge is -2.14. The number of hydrogen-bond acceptors (Lipinski definition) is 3. The first-order valence-electron chi connectivity index (χ1n) is 7.99. The van der Waals surface area contributed by atoms with Gasteiger partial charge < -0.3 is 20.1 Å². The minimum Gasteiger partial charge on any atom is -0.480 e. The molecular weight excluding hydrogens is 339 g/mol. The van der Waals surface area contributed by atoms with Gasteiger partial charge in [0.25, 0.3) is 0 Å². The van der Waals surface area contributed by atoms with Crippen molar-refractivity contribution >= 4 is 23.0 Å². The molecule has 134 valence electrons. The molecule has 3 aromatic rings. The Morgan fingerprint density at radius 1 is 1.15 bits per heavy atom. The van der Waals surface area contributed by atoms with E-state index in [-0.39, 0.29) is 13.0 Å². The number of aromatic nitrogens is 1. The number of carbonyl (C=O) groups is 2. The highest BCUT2D eigenvalue weighted by Crippen LogP contribution is 2.22. The average Bonchev–Trinajstić information content (AvgIpc) is 3.04. The Kier molecular flexibility index (Phi) is 5.17. The van der Waals surface area contributed by atoms with E-state index in [1.807, 2.05) is 18.2 Å². The number of carboxylic acid groups (broad SMARTS) is 1. The Balaban J connectivity index is 1.67. The van der Waals surface area contributed by atoms with E-state index in [1.165, 1.54) is 6.07 Å². The molecule has 0 radical (unpaired) electrons. The number of hydrogen-bond donors (Lipinski definition) is 3. The molecule has 1 heterocycles. The van der Waals surface area contributed by atoms with Crippen LogP contribution in [0.15, 0.2) is 54.7 Å². The van der Waals surface area contributed by atoms with Gasteiger partial charge in [-0.05, 0) is 23.3 Å². The Labute approximate surface area is 148 Å². The lowest BCUT2D eigenvalue weighted by atomic mass is 10.0. The van der Waals surface area contributed by atoms with Crippen LogP contribution in [-0.4, -0.2) is 28.2 Å². The molecule has 7 heteroatoms. The monoisotopic (exact) mass is 356 g/mol. The highest BCUT2D eigenvalue weighted by Gasteiger charge is 2.23. The third-order valence-electron chi connectivity index (χ3n) is 3.96. The summed E-state index contributed by atoms with van der Waals surface area (Å²) in [6, 6.07) is 12.3. The number of H-pyrrole nitrogens is 1. The standard InChI is InChI=1S/C19H17FN2O4/c20-14-7-4-8-15-17(14)13(10-21-15)9-16(18(23)24)22-19(25)26-11-12-5-2-1-3-6-12/h1-8,10,16,21H,9,11H2,(H,22,25)(H,23,24). The van der Waals surface area contributed by atoms with E-state index in [1.54, 1.807) is 30.5 Å². The second-order valence-corrected chi connectivity index (χ2v) is 5.78. The largest absolute Gasteiger partial charge is 0.480 e. The van der Waals surface area contributed by atoms with Crippen molar-refractivity contribution in [3.63, 3.8) is 0 Å². The second kappa shape index (κ2) is 7.69. The molecular formula is C19H17FN2O4. The number of nitrogens with one attached hydrogen (secondary N) is 2. The third kappa shape index (κ3) is 4.00. The smallest absolute Gasteiger partial charge is 0.408 e.